The van der Waals surface area contributed by atoms with Gasteiger partial charge >= 0.3 is 11.9 Å². The number of thiazole rings is 1. The summed E-state index contributed by atoms with van der Waals surface area (Å²) in [6.45, 7) is 0.737. The molecule has 4 aliphatic rings. The van der Waals surface area contributed by atoms with Gasteiger partial charge in [-0.25, -0.2) is 27.0 Å². The van der Waals surface area contributed by atoms with Crippen molar-refractivity contribution in [3.8, 4) is 0 Å². The molecule has 3 fully saturated rings. The Kier molecular flexibility index (Phi) is 6.83. The van der Waals surface area contributed by atoms with Crippen LogP contribution in [0.15, 0.2) is 27.8 Å². The summed E-state index contributed by atoms with van der Waals surface area (Å²) in [5.74, 6) is -6.28. The zero-order valence-corrected chi connectivity index (χ0v) is 21.6. The van der Waals surface area contributed by atoms with Gasteiger partial charge in [-0.3, -0.25) is 14.7 Å². The van der Waals surface area contributed by atoms with Gasteiger partial charge in [-0.1, -0.05) is 0 Å². The number of ether oxygens (including phenoxy) is 1. The molecule has 15 heteroatoms. The van der Waals surface area contributed by atoms with Crippen LogP contribution in [0.5, 0.6) is 0 Å². The van der Waals surface area contributed by atoms with Crippen LogP contribution in [-0.4, -0.2) is 102 Å². The fraction of sp³-hybridized carbons (Fsp3) is 0.636. The van der Waals surface area contributed by atoms with Gasteiger partial charge in [-0.05, 0) is 19.8 Å². The molecule has 0 unspecified atom stereocenters. The number of nitrogens with zero attached hydrogens (tertiary/aromatic N) is 4. The number of amidine groups is 1. The van der Waals surface area contributed by atoms with Crippen molar-refractivity contribution in [1.82, 2.24) is 19.5 Å². The van der Waals surface area contributed by atoms with Crippen LogP contribution in [-0.2, 0) is 24.3 Å². The summed E-state index contributed by atoms with van der Waals surface area (Å²) in [5, 5.41) is 13.6. The molecule has 4 heterocycles. The molecule has 0 spiro atoms. The van der Waals surface area contributed by atoms with Crippen LogP contribution in [0.3, 0.4) is 0 Å². The number of hydrogen-bond donors (Lipinski definition) is 2. The number of carboxylic acid groups (broad SMARTS) is 1. The number of likely N-dealkylation sites (tertiary alicyclic amines) is 1. The molecule has 1 saturated carbocycles. The topological polar surface area (TPSA) is 142 Å². The van der Waals surface area contributed by atoms with Gasteiger partial charge < -0.3 is 15.2 Å². The molecule has 37 heavy (non-hydrogen) atoms. The number of esters is 1. The molecule has 2 atom stereocenters. The van der Waals surface area contributed by atoms with Crippen LogP contribution in [0, 0.1) is 11.8 Å². The zero-order chi connectivity index (χ0) is 26.5. The highest BCUT2D eigenvalue weighted by molar-refractivity contribution is 7.89. The second-order valence-corrected chi connectivity index (χ2v) is 12.7. The molecule has 2 N–H and O–H groups in total. The summed E-state index contributed by atoms with van der Waals surface area (Å²) >= 11 is 1.34. The van der Waals surface area contributed by atoms with Gasteiger partial charge in [-0.15, -0.1) is 11.3 Å². The van der Waals surface area contributed by atoms with Crippen molar-refractivity contribution in [2.75, 3.05) is 39.3 Å². The second-order valence-electron chi connectivity index (χ2n) is 9.64. The third kappa shape index (κ3) is 4.77. The van der Waals surface area contributed by atoms with Crippen molar-refractivity contribution < 1.29 is 36.6 Å². The van der Waals surface area contributed by atoms with Gasteiger partial charge in [0.05, 0.1) is 42.4 Å². The Morgan fingerprint density at radius 1 is 1.32 bits per heavy atom. The number of aliphatic imine (C=N–C) groups is 1. The van der Waals surface area contributed by atoms with E-state index in [4.69, 9.17) is 9.84 Å². The molecule has 5 rings (SSSR count). The van der Waals surface area contributed by atoms with Gasteiger partial charge in [0.1, 0.15) is 0 Å². The maximum absolute atomic E-state index is 15.1. The molecule has 1 aromatic heterocycles. The predicted octanol–water partition coefficient (Wildman–Crippen LogP) is 0.754. The number of sulfonamides is 1. The fourth-order valence-electron chi connectivity index (χ4n) is 5.36. The van der Waals surface area contributed by atoms with Crippen molar-refractivity contribution in [3.05, 3.63) is 27.9 Å². The van der Waals surface area contributed by atoms with Crippen LogP contribution in [0.1, 0.15) is 24.8 Å². The van der Waals surface area contributed by atoms with E-state index in [2.05, 4.69) is 15.3 Å². The van der Waals surface area contributed by atoms with Gasteiger partial charge in [0.15, 0.2) is 10.8 Å². The van der Waals surface area contributed by atoms with Crippen molar-refractivity contribution in [1.29, 1.82) is 0 Å². The maximum atomic E-state index is 15.1. The van der Waals surface area contributed by atoms with E-state index in [1.165, 1.54) is 16.2 Å². The summed E-state index contributed by atoms with van der Waals surface area (Å²) in [6.07, 6.45) is 1.58. The smallest absolute Gasteiger partial charge is 0.337 e. The van der Waals surface area contributed by atoms with Crippen molar-refractivity contribution in [3.63, 3.8) is 0 Å². The van der Waals surface area contributed by atoms with Crippen LogP contribution < -0.4 is 5.32 Å². The maximum Gasteiger partial charge on any atom is 0.337 e. The number of aliphatic carboxylic acids is 1. The van der Waals surface area contributed by atoms with Gasteiger partial charge in [0.25, 0.3) is 5.92 Å². The lowest BCUT2D eigenvalue weighted by molar-refractivity contribution is -0.144. The van der Waals surface area contributed by atoms with E-state index in [1.54, 1.807) is 18.5 Å². The quantitative estimate of drug-likeness (QED) is 0.442. The van der Waals surface area contributed by atoms with E-state index in [-0.39, 0.29) is 51.2 Å². The van der Waals surface area contributed by atoms with E-state index in [0.29, 0.717) is 16.5 Å². The standard InChI is InChI=1S/C22H27F2N5O6S2/c1-2-35-21(32)14-7-26-18(19-25-3-4-36-19)27-16(14)9-28-11-22(23,24)15-8-29(10-17(15)28)37(33,34)13-5-12(6-13)20(30)31/h3-4,12-13,15,17H,2,5-11H2,1H3,(H,26,27)(H,30,31)/t12?,13?,15-,17+/m1/s1. The van der Waals surface area contributed by atoms with Crippen molar-refractivity contribution in [2.45, 2.75) is 37.0 Å². The lowest BCUT2D eigenvalue weighted by Gasteiger charge is -2.35. The van der Waals surface area contributed by atoms with Crippen LogP contribution in [0.2, 0.25) is 0 Å². The van der Waals surface area contributed by atoms with Crippen molar-refractivity contribution >= 4 is 39.1 Å². The molecular weight excluding hydrogens is 532 g/mol. The summed E-state index contributed by atoms with van der Waals surface area (Å²) in [4.78, 5) is 33.8. The molecule has 202 valence electrons. The molecule has 3 aliphatic heterocycles. The molecule has 1 aromatic rings. The number of rotatable bonds is 8. The van der Waals surface area contributed by atoms with Gasteiger partial charge in [0, 0.05) is 43.0 Å². The first-order valence-corrected chi connectivity index (χ1v) is 14.3. The summed E-state index contributed by atoms with van der Waals surface area (Å²) in [6, 6.07) is -0.764. The minimum absolute atomic E-state index is 0.00133. The molecule has 1 aliphatic carbocycles. The summed E-state index contributed by atoms with van der Waals surface area (Å²) in [7, 11) is -3.90. The minimum atomic E-state index is -3.90. The number of aromatic nitrogens is 1. The van der Waals surface area contributed by atoms with E-state index in [9.17, 15) is 18.0 Å². The van der Waals surface area contributed by atoms with Gasteiger partial charge in [0.2, 0.25) is 10.0 Å². The summed E-state index contributed by atoms with van der Waals surface area (Å²) in [5.41, 5.74) is 0.602. The Morgan fingerprint density at radius 3 is 2.73 bits per heavy atom. The van der Waals surface area contributed by atoms with E-state index in [1.807, 2.05) is 0 Å². The minimum Gasteiger partial charge on any atom is -0.481 e. The number of carboxylic acids is 1. The third-order valence-corrected chi connectivity index (χ3v) is 10.5. The molecule has 0 radical (unpaired) electrons. The largest absolute Gasteiger partial charge is 0.481 e. The van der Waals surface area contributed by atoms with Crippen LogP contribution in [0.4, 0.5) is 8.78 Å². The Bertz CT molecular complexity index is 1250. The van der Waals surface area contributed by atoms with E-state index in [0.717, 1.165) is 4.31 Å². The molecule has 2 saturated heterocycles. The Labute approximate surface area is 216 Å². The first kappa shape index (κ1) is 26.1. The highest BCUT2D eigenvalue weighted by atomic mass is 32.2. The normalized spacial score (nSPS) is 29.9. The zero-order valence-electron chi connectivity index (χ0n) is 20.0. The second kappa shape index (κ2) is 9.67. The lowest BCUT2D eigenvalue weighted by atomic mass is 9.85. The Balaban J connectivity index is 1.35. The number of carbonyl (C=O) groups is 2. The fourth-order valence-corrected chi connectivity index (χ4v) is 8.06. The molecule has 0 aromatic carbocycles. The number of nitrogens with one attached hydrogen (secondary N) is 1. The van der Waals surface area contributed by atoms with E-state index >= 15 is 8.78 Å². The molecule has 0 bridgehead atoms. The first-order chi connectivity index (χ1) is 17.5. The number of carbonyl (C=O) groups excluding carboxylic acids is 1. The average molecular weight is 560 g/mol. The van der Waals surface area contributed by atoms with Crippen LogP contribution >= 0.6 is 11.3 Å². The Hall–Kier alpha value is -2.49. The molecule has 0 amide bonds. The third-order valence-electron chi connectivity index (χ3n) is 7.45. The Morgan fingerprint density at radius 2 is 2.08 bits per heavy atom. The van der Waals surface area contributed by atoms with Crippen LogP contribution in [0.25, 0.3) is 0 Å². The highest BCUT2D eigenvalue weighted by Gasteiger charge is 2.60. The monoisotopic (exact) mass is 559 g/mol. The highest BCUT2D eigenvalue weighted by Crippen LogP contribution is 2.45. The molecule has 11 nitrogen and oxygen atoms in total. The van der Waals surface area contributed by atoms with Crippen molar-refractivity contribution in [2.24, 2.45) is 16.8 Å². The van der Waals surface area contributed by atoms with E-state index < -0.39 is 57.6 Å². The lowest BCUT2D eigenvalue weighted by Crippen LogP contribution is -2.48. The average Bonchev–Trinajstić information content (AvgIpc) is 3.51. The summed E-state index contributed by atoms with van der Waals surface area (Å²) < 4.78 is 62.6. The number of fused-ring (bicyclic) bond motifs is 1. The molecular formula is C22H27F2N5O6S2. The predicted molar refractivity (Wildman–Crippen MR) is 129 cm³/mol. The number of hydrogen-bond acceptors (Lipinski definition) is 10. The number of halogens is 2. The number of alkyl halides is 2. The first-order valence-electron chi connectivity index (χ1n) is 12.0. The van der Waals surface area contributed by atoms with Gasteiger partial charge in [-0.2, -0.15) is 4.31 Å². The SMILES string of the molecule is CCOC(=O)C1=C(CN2CC(F)(F)[C@@H]3CN(S(=O)(=O)C4CC(C(=O)O)C4)C[C@@H]32)NC(c2nccs2)=NC1.